The van der Waals surface area contributed by atoms with Crippen LogP contribution in [0.15, 0.2) is 60.9 Å². The van der Waals surface area contributed by atoms with Crippen molar-refractivity contribution in [2.24, 2.45) is 10.8 Å². The van der Waals surface area contributed by atoms with Crippen molar-refractivity contribution in [3.05, 3.63) is 82.1 Å². The lowest BCUT2D eigenvalue weighted by Crippen LogP contribution is -2.26. The fourth-order valence-corrected chi connectivity index (χ4v) is 5.69. The number of nitrogens with one attached hydrogen (secondary N) is 3. The maximum atomic E-state index is 6.13. The average molecular weight is 594 g/mol. The second-order valence-corrected chi connectivity index (χ2v) is 14.3. The van der Waals surface area contributed by atoms with Gasteiger partial charge in [0.25, 0.3) is 0 Å². The van der Waals surface area contributed by atoms with Crippen LogP contribution >= 0.6 is 34.5 Å². The van der Waals surface area contributed by atoms with Crippen LogP contribution in [-0.4, -0.2) is 24.9 Å². The summed E-state index contributed by atoms with van der Waals surface area (Å²) in [5.41, 5.74) is 6.35. The summed E-state index contributed by atoms with van der Waals surface area (Å²) in [7, 11) is 0. The molecule has 3 aromatic heterocycles. The van der Waals surface area contributed by atoms with Gasteiger partial charge in [-0.2, -0.15) is 0 Å². The average Bonchev–Trinajstić information content (AvgIpc) is 3.62. The standard InChI is InChI=1S/C31H34Cl2N6S/c1-30(2,3)15-24-34-16-22(36-24)20-11-7-18(8-12-20)19-9-13-21(14-10-19)23-17-35-28(37-23)25(31(4,5)6)38-29-39-26(32)27(33)40-29/h7-14,16-17,25H,15H2,1-6H3,(H,34,36)(H,35,37)(H,38,39). The Morgan fingerprint density at radius 1 is 0.750 bits per heavy atom. The molecule has 0 bridgehead atoms. The summed E-state index contributed by atoms with van der Waals surface area (Å²) in [6.45, 7) is 13.1. The van der Waals surface area contributed by atoms with Crippen LogP contribution in [0.1, 0.15) is 59.2 Å². The van der Waals surface area contributed by atoms with Gasteiger partial charge in [0.1, 0.15) is 16.0 Å². The third-order valence-electron chi connectivity index (χ3n) is 6.58. The number of H-pyrrole nitrogens is 2. The van der Waals surface area contributed by atoms with Crippen molar-refractivity contribution >= 4 is 39.7 Å². The molecule has 0 saturated carbocycles. The van der Waals surface area contributed by atoms with Crippen LogP contribution in [0.4, 0.5) is 5.13 Å². The molecule has 9 heteroatoms. The SMILES string of the molecule is CC(C)(C)Cc1nc(-c2ccc(-c3ccc(-c4c[nH]c(C(Nc5nc(Cl)c(Cl)s5)C(C)(C)C)n4)cc3)cc2)c[nH]1. The van der Waals surface area contributed by atoms with Gasteiger partial charge >= 0.3 is 0 Å². The second-order valence-electron chi connectivity index (χ2n) is 12.3. The van der Waals surface area contributed by atoms with Gasteiger partial charge in [-0.15, -0.1) is 0 Å². The first-order chi connectivity index (χ1) is 18.9. The molecule has 0 saturated heterocycles. The normalized spacial score (nSPS) is 13.0. The molecule has 0 aliphatic heterocycles. The molecule has 5 rings (SSSR count). The Hall–Kier alpha value is -3.13. The lowest BCUT2D eigenvalue weighted by Gasteiger charge is -2.29. The Labute approximate surface area is 249 Å². The molecule has 0 aliphatic carbocycles. The summed E-state index contributed by atoms with van der Waals surface area (Å²) in [5, 5.41) is 4.43. The Kier molecular flexibility index (Phi) is 7.83. The zero-order valence-electron chi connectivity index (χ0n) is 23.6. The van der Waals surface area contributed by atoms with E-state index in [0.717, 1.165) is 51.7 Å². The van der Waals surface area contributed by atoms with Gasteiger partial charge in [0.2, 0.25) is 0 Å². The molecule has 1 unspecified atom stereocenters. The van der Waals surface area contributed by atoms with E-state index in [1.807, 2.05) is 12.4 Å². The van der Waals surface area contributed by atoms with Crippen LogP contribution in [-0.2, 0) is 6.42 Å². The Morgan fingerprint density at radius 3 is 1.77 bits per heavy atom. The van der Waals surface area contributed by atoms with Gasteiger partial charge in [-0.05, 0) is 22.0 Å². The van der Waals surface area contributed by atoms with Crippen molar-refractivity contribution in [3.8, 4) is 33.6 Å². The number of hydrogen-bond donors (Lipinski definition) is 3. The topological polar surface area (TPSA) is 82.3 Å². The first kappa shape index (κ1) is 28.4. The van der Waals surface area contributed by atoms with E-state index in [1.54, 1.807) is 0 Å². The lowest BCUT2D eigenvalue weighted by molar-refractivity contribution is 0.337. The van der Waals surface area contributed by atoms with Gasteiger partial charge in [-0.25, -0.2) is 15.0 Å². The molecule has 40 heavy (non-hydrogen) atoms. The maximum absolute atomic E-state index is 6.13. The molecule has 0 aliphatic rings. The van der Waals surface area contributed by atoms with E-state index >= 15 is 0 Å². The van der Waals surface area contributed by atoms with Crippen LogP contribution in [0.25, 0.3) is 33.6 Å². The van der Waals surface area contributed by atoms with E-state index in [0.29, 0.717) is 14.6 Å². The minimum atomic E-state index is -0.139. The van der Waals surface area contributed by atoms with E-state index < -0.39 is 0 Å². The summed E-state index contributed by atoms with van der Waals surface area (Å²) in [6, 6.07) is 16.9. The first-order valence-corrected chi connectivity index (χ1v) is 14.8. The van der Waals surface area contributed by atoms with Crippen LogP contribution < -0.4 is 5.32 Å². The zero-order chi connectivity index (χ0) is 28.7. The highest BCUT2D eigenvalue weighted by Crippen LogP contribution is 2.39. The monoisotopic (exact) mass is 592 g/mol. The number of thiazole rings is 1. The van der Waals surface area contributed by atoms with Gasteiger partial charge in [0, 0.05) is 29.9 Å². The molecule has 0 spiro atoms. The fourth-order valence-electron chi connectivity index (χ4n) is 4.56. The number of aromatic amines is 2. The number of hydrogen-bond acceptors (Lipinski definition) is 5. The van der Waals surface area contributed by atoms with E-state index in [-0.39, 0.29) is 16.9 Å². The van der Waals surface area contributed by atoms with Crippen LogP contribution in [0, 0.1) is 10.8 Å². The molecule has 2 aromatic carbocycles. The third kappa shape index (κ3) is 6.60. The Balaban J connectivity index is 1.31. The summed E-state index contributed by atoms with van der Waals surface area (Å²) < 4.78 is 0.470. The Morgan fingerprint density at radius 2 is 1.27 bits per heavy atom. The molecular formula is C31H34Cl2N6S. The number of halogens is 2. The number of aromatic nitrogens is 5. The molecule has 3 N–H and O–H groups in total. The predicted octanol–water partition coefficient (Wildman–Crippen LogP) is 9.68. The van der Waals surface area contributed by atoms with Gasteiger partial charge in [0.15, 0.2) is 10.3 Å². The molecule has 0 fully saturated rings. The zero-order valence-corrected chi connectivity index (χ0v) is 25.9. The highest BCUT2D eigenvalue weighted by atomic mass is 35.5. The van der Waals surface area contributed by atoms with E-state index in [9.17, 15) is 0 Å². The molecule has 5 aromatic rings. The number of nitrogens with zero attached hydrogens (tertiary/aromatic N) is 3. The molecule has 0 radical (unpaired) electrons. The van der Waals surface area contributed by atoms with Crippen molar-refractivity contribution < 1.29 is 0 Å². The summed E-state index contributed by atoms with van der Waals surface area (Å²) in [4.78, 5) is 20.7. The predicted molar refractivity (Wildman–Crippen MR) is 168 cm³/mol. The van der Waals surface area contributed by atoms with Crippen molar-refractivity contribution in [2.45, 2.75) is 54.0 Å². The highest BCUT2D eigenvalue weighted by Gasteiger charge is 2.30. The largest absolute Gasteiger partial charge is 0.351 e. The number of imidazole rings is 2. The maximum Gasteiger partial charge on any atom is 0.186 e. The van der Waals surface area contributed by atoms with Crippen LogP contribution in [0.5, 0.6) is 0 Å². The number of benzene rings is 2. The molecule has 3 heterocycles. The molecular weight excluding hydrogens is 559 g/mol. The summed E-state index contributed by atoms with van der Waals surface area (Å²) in [5.74, 6) is 1.85. The number of rotatable bonds is 7. The fraction of sp³-hybridized carbons (Fsp3) is 0.323. The van der Waals surface area contributed by atoms with Crippen LogP contribution in [0.3, 0.4) is 0 Å². The van der Waals surface area contributed by atoms with E-state index in [4.69, 9.17) is 33.2 Å². The molecule has 208 valence electrons. The molecule has 1 atom stereocenters. The Bertz CT molecular complexity index is 1560. The highest BCUT2D eigenvalue weighted by molar-refractivity contribution is 7.20. The third-order valence-corrected chi connectivity index (χ3v) is 8.24. The van der Waals surface area contributed by atoms with E-state index in [1.165, 1.54) is 11.3 Å². The summed E-state index contributed by atoms with van der Waals surface area (Å²) in [6.07, 6.45) is 4.85. The van der Waals surface area contributed by atoms with Gasteiger partial charge < -0.3 is 15.3 Å². The first-order valence-electron chi connectivity index (χ1n) is 13.2. The van der Waals surface area contributed by atoms with Crippen molar-refractivity contribution in [3.63, 3.8) is 0 Å². The molecule has 6 nitrogen and oxygen atoms in total. The van der Waals surface area contributed by atoms with Gasteiger partial charge in [0.05, 0.1) is 17.4 Å². The lowest BCUT2D eigenvalue weighted by atomic mass is 9.86. The van der Waals surface area contributed by atoms with Crippen LogP contribution in [0.2, 0.25) is 9.49 Å². The van der Waals surface area contributed by atoms with Gasteiger partial charge in [-0.1, -0.05) is 125 Å². The van der Waals surface area contributed by atoms with Crippen molar-refractivity contribution in [1.29, 1.82) is 0 Å². The second kappa shape index (κ2) is 11.0. The van der Waals surface area contributed by atoms with E-state index in [2.05, 4.69) is 110 Å². The van der Waals surface area contributed by atoms with Crippen molar-refractivity contribution in [1.82, 2.24) is 24.9 Å². The molecule has 0 amide bonds. The minimum absolute atomic E-state index is 0.114. The van der Waals surface area contributed by atoms with Crippen molar-refractivity contribution in [2.75, 3.05) is 5.32 Å². The number of anilines is 1. The summed E-state index contributed by atoms with van der Waals surface area (Å²) >= 11 is 13.5. The van der Waals surface area contributed by atoms with Gasteiger partial charge in [-0.3, -0.25) is 0 Å². The minimum Gasteiger partial charge on any atom is -0.351 e. The quantitative estimate of drug-likeness (QED) is 0.175. The smallest absolute Gasteiger partial charge is 0.186 e.